The number of carbonyl (C=O) groups excluding carboxylic acids is 2. The molecule has 1 N–H and O–H groups in total. The molecule has 0 bridgehead atoms. The lowest BCUT2D eigenvalue weighted by atomic mass is 10.2. The van der Waals surface area contributed by atoms with Crippen LogP contribution >= 0.6 is 11.8 Å². The van der Waals surface area contributed by atoms with Gasteiger partial charge in [0, 0.05) is 11.4 Å². The van der Waals surface area contributed by atoms with E-state index in [4.69, 9.17) is 4.74 Å². The quantitative estimate of drug-likeness (QED) is 0.655. The molecule has 2 amide bonds. The number of hydrogen-bond acceptors (Lipinski definition) is 6. The lowest BCUT2D eigenvalue weighted by molar-refractivity contribution is -0.119. The highest BCUT2D eigenvalue weighted by molar-refractivity contribution is 7.99. The third-order valence-electron chi connectivity index (χ3n) is 4.83. The fraction of sp³-hybridized carbons (Fsp3) is 0.238. The van der Waals surface area contributed by atoms with E-state index in [1.807, 2.05) is 0 Å². The molecule has 8 nitrogen and oxygen atoms in total. The minimum atomic E-state index is -0.641. The lowest BCUT2D eigenvalue weighted by Crippen LogP contribution is -2.44. The van der Waals surface area contributed by atoms with Gasteiger partial charge in [-0.05, 0) is 55.5 Å². The summed E-state index contributed by atoms with van der Waals surface area (Å²) in [7, 11) is 1.57. The summed E-state index contributed by atoms with van der Waals surface area (Å²) < 4.78 is 19.8. The van der Waals surface area contributed by atoms with E-state index in [2.05, 4.69) is 15.4 Å². The Bertz CT molecular complexity index is 1100. The molecule has 2 aromatic carbocycles. The number of benzene rings is 2. The van der Waals surface area contributed by atoms with Crippen LogP contribution in [0.25, 0.3) is 5.69 Å². The van der Waals surface area contributed by atoms with Crippen LogP contribution in [-0.2, 0) is 4.79 Å². The highest BCUT2D eigenvalue weighted by Crippen LogP contribution is 2.25. The van der Waals surface area contributed by atoms with E-state index in [1.54, 1.807) is 50.4 Å². The number of rotatable bonds is 5. The summed E-state index contributed by atoms with van der Waals surface area (Å²) in [5.74, 6) is 0.936. The van der Waals surface area contributed by atoms with E-state index in [0.29, 0.717) is 34.6 Å². The summed E-state index contributed by atoms with van der Waals surface area (Å²) in [6, 6.07) is 12.1. The summed E-state index contributed by atoms with van der Waals surface area (Å²) in [6.45, 7) is 1.71. The molecule has 1 saturated heterocycles. The molecular formula is C21H20FN5O3S. The summed E-state index contributed by atoms with van der Waals surface area (Å²) >= 11 is 1.49. The van der Waals surface area contributed by atoms with Gasteiger partial charge in [-0.15, -0.1) is 16.9 Å². The fourth-order valence-corrected chi connectivity index (χ4v) is 4.35. The van der Waals surface area contributed by atoms with Crippen molar-refractivity contribution < 1.29 is 18.7 Å². The van der Waals surface area contributed by atoms with E-state index in [9.17, 15) is 14.0 Å². The standard InChI is InChI=1S/C21H20FN5O3S/c1-13-23-19(25-27(13)16-7-3-14(22)4-8-16)21(29)26-12-31-11-18(26)20(28)24-15-5-9-17(30-2)10-6-15/h3-10,18H,11-12H2,1-2H3,(H,24,28). The van der Waals surface area contributed by atoms with Crippen LogP contribution in [0.5, 0.6) is 5.75 Å². The normalized spacial score (nSPS) is 15.7. The van der Waals surface area contributed by atoms with Crippen LogP contribution in [0.4, 0.5) is 10.1 Å². The summed E-state index contributed by atoms with van der Waals surface area (Å²) in [5.41, 5.74) is 1.21. The van der Waals surface area contributed by atoms with Crippen molar-refractivity contribution in [1.82, 2.24) is 19.7 Å². The van der Waals surface area contributed by atoms with Crippen molar-refractivity contribution in [2.24, 2.45) is 0 Å². The molecule has 0 radical (unpaired) electrons. The van der Waals surface area contributed by atoms with E-state index >= 15 is 0 Å². The molecule has 0 spiro atoms. The Morgan fingerprint density at radius 2 is 1.87 bits per heavy atom. The number of thioether (sulfide) groups is 1. The molecule has 160 valence electrons. The average Bonchev–Trinajstić information content (AvgIpc) is 3.41. The molecule has 1 aromatic heterocycles. The molecule has 2 heterocycles. The van der Waals surface area contributed by atoms with Crippen LogP contribution < -0.4 is 10.1 Å². The second-order valence-corrected chi connectivity index (χ2v) is 7.88. The van der Waals surface area contributed by atoms with Crippen molar-refractivity contribution in [3.63, 3.8) is 0 Å². The third kappa shape index (κ3) is 4.38. The number of amides is 2. The molecule has 1 fully saturated rings. The van der Waals surface area contributed by atoms with Gasteiger partial charge in [0.15, 0.2) is 0 Å². The Hall–Kier alpha value is -3.40. The van der Waals surface area contributed by atoms with Crippen molar-refractivity contribution in [3.05, 3.63) is 66.0 Å². The smallest absolute Gasteiger partial charge is 0.294 e. The predicted octanol–water partition coefficient (Wildman–Crippen LogP) is 2.88. The highest BCUT2D eigenvalue weighted by atomic mass is 32.2. The minimum absolute atomic E-state index is 0.00780. The van der Waals surface area contributed by atoms with Crippen molar-refractivity contribution in [1.29, 1.82) is 0 Å². The molecule has 1 aliphatic heterocycles. The van der Waals surface area contributed by atoms with Crippen LogP contribution in [0, 0.1) is 12.7 Å². The zero-order valence-corrected chi connectivity index (χ0v) is 17.7. The summed E-state index contributed by atoms with van der Waals surface area (Å²) in [4.78, 5) is 31.6. The van der Waals surface area contributed by atoms with Gasteiger partial charge < -0.3 is 15.0 Å². The first-order valence-corrected chi connectivity index (χ1v) is 10.6. The fourth-order valence-electron chi connectivity index (χ4n) is 3.20. The molecule has 0 aliphatic carbocycles. The van der Waals surface area contributed by atoms with Crippen LogP contribution in [-0.4, -0.2) is 56.3 Å². The first kappa shape index (κ1) is 20.9. The zero-order chi connectivity index (χ0) is 22.0. The van der Waals surface area contributed by atoms with E-state index in [0.717, 1.165) is 0 Å². The number of halogens is 1. The number of aryl methyl sites for hydroxylation is 1. The van der Waals surface area contributed by atoms with Gasteiger partial charge in [-0.2, -0.15) is 0 Å². The van der Waals surface area contributed by atoms with E-state index in [-0.39, 0.29) is 17.5 Å². The van der Waals surface area contributed by atoms with Gasteiger partial charge in [0.05, 0.1) is 18.7 Å². The topological polar surface area (TPSA) is 89.4 Å². The number of ether oxygens (including phenoxy) is 1. The first-order chi connectivity index (χ1) is 15.0. The van der Waals surface area contributed by atoms with Crippen molar-refractivity contribution in [3.8, 4) is 11.4 Å². The van der Waals surface area contributed by atoms with E-state index in [1.165, 1.54) is 33.5 Å². The molecule has 1 unspecified atom stereocenters. The van der Waals surface area contributed by atoms with Gasteiger partial charge in [0.2, 0.25) is 11.7 Å². The minimum Gasteiger partial charge on any atom is -0.497 e. The number of nitrogens with one attached hydrogen (secondary N) is 1. The summed E-state index contributed by atoms with van der Waals surface area (Å²) in [5, 5.41) is 7.12. The number of nitrogens with zero attached hydrogens (tertiary/aromatic N) is 4. The van der Waals surface area contributed by atoms with Gasteiger partial charge in [-0.1, -0.05) is 0 Å². The van der Waals surface area contributed by atoms with Crippen molar-refractivity contribution in [2.45, 2.75) is 13.0 Å². The number of carbonyl (C=O) groups is 2. The van der Waals surface area contributed by atoms with Gasteiger partial charge in [0.1, 0.15) is 23.4 Å². The summed E-state index contributed by atoms with van der Waals surface area (Å²) in [6.07, 6.45) is 0. The SMILES string of the molecule is COc1ccc(NC(=O)C2CSCN2C(=O)c2nc(C)n(-c3ccc(F)cc3)n2)cc1. The Balaban J connectivity index is 1.50. The molecule has 10 heteroatoms. The Kier molecular flexibility index (Phi) is 5.90. The number of hydrogen-bond donors (Lipinski definition) is 1. The maximum atomic E-state index is 13.2. The Morgan fingerprint density at radius 3 is 2.55 bits per heavy atom. The largest absolute Gasteiger partial charge is 0.497 e. The van der Waals surface area contributed by atoms with Gasteiger partial charge in [0.25, 0.3) is 5.91 Å². The second-order valence-electron chi connectivity index (χ2n) is 6.88. The van der Waals surface area contributed by atoms with Gasteiger partial charge >= 0.3 is 0 Å². The van der Waals surface area contributed by atoms with E-state index < -0.39 is 11.9 Å². The maximum Gasteiger partial charge on any atom is 0.294 e. The van der Waals surface area contributed by atoms with Crippen molar-refractivity contribution >= 4 is 29.3 Å². The molecule has 1 atom stereocenters. The first-order valence-electron chi connectivity index (χ1n) is 9.49. The van der Waals surface area contributed by atoms with Crippen LogP contribution in [0.15, 0.2) is 48.5 Å². The molecule has 1 aliphatic rings. The number of aromatic nitrogens is 3. The number of methoxy groups -OCH3 is 1. The molecule has 3 aromatic rings. The molecule has 4 rings (SSSR count). The zero-order valence-electron chi connectivity index (χ0n) is 16.9. The van der Waals surface area contributed by atoms with Gasteiger partial charge in [-0.25, -0.2) is 14.1 Å². The van der Waals surface area contributed by atoms with Crippen LogP contribution in [0.2, 0.25) is 0 Å². The molecule has 0 saturated carbocycles. The predicted molar refractivity (Wildman–Crippen MR) is 115 cm³/mol. The van der Waals surface area contributed by atoms with Crippen molar-refractivity contribution in [2.75, 3.05) is 24.1 Å². The number of anilines is 1. The molecular weight excluding hydrogens is 421 g/mol. The van der Waals surface area contributed by atoms with Gasteiger partial charge in [-0.3, -0.25) is 9.59 Å². The van der Waals surface area contributed by atoms with Crippen LogP contribution in [0.3, 0.4) is 0 Å². The maximum absolute atomic E-state index is 13.2. The third-order valence-corrected chi connectivity index (χ3v) is 5.85. The Morgan fingerprint density at radius 1 is 1.16 bits per heavy atom. The Labute approximate surface area is 182 Å². The highest BCUT2D eigenvalue weighted by Gasteiger charge is 2.37. The second kappa shape index (κ2) is 8.76. The monoisotopic (exact) mass is 441 g/mol. The lowest BCUT2D eigenvalue weighted by Gasteiger charge is -2.21. The average molecular weight is 441 g/mol. The molecule has 31 heavy (non-hydrogen) atoms. The van der Waals surface area contributed by atoms with Crippen LogP contribution in [0.1, 0.15) is 16.4 Å².